The minimum absolute atomic E-state index is 0.0583. The van der Waals surface area contributed by atoms with Gasteiger partial charge in [-0.3, -0.25) is 0 Å². The second kappa shape index (κ2) is 6.66. The van der Waals surface area contributed by atoms with Gasteiger partial charge in [-0.1, -0.05) is 6.92 Å². The zero-order chi connectivity index (χ0) is 17.1. The molecule has 0 unspecified atom stereocenters. The molecular formula is C15H24N2O4S. The molecule has 0 aliphatic carbocycles. The molecule has 0 spiro atoms. The van der Waals surface area contributed by atoms with E-state index in [0.717, 1.165) is 6.42 Å². The highest BCUT2D eigenvalue weighted by molar-refractivity contribution is 7.89. The van der Waals surface area contributed by atoms with Gasteiger partial charge >= 0.3 is 5.97 Å². The third kappa shape index (κ3) is 4.99. The third-order valence-electron chi connectivity index (χ3n) is 2.99. The van der Waals surface area contributed by atoms with Gasteiger partial charge < -0.3 is 10.4 Å². The van der Waals surface area contributed by atoms with E-state index in [1.54, 1.807) is 20.8 Å². The smallest absolute Gasteiger partial charge is 0.337 e. The molecule has 0 aromatic heterocycles. The Morgan fingerprint density at radius 1 is 1.32 bits per heavy atom. The molecule has 0 amide bonds. The van der Waals surface area contributed by atoms with E-state index in [9.17, 15) is 18.3 Å². The molecule has 0 saturated carbocycles. The van der Waals surface area contributed by atoms with Crippen LogP contribution in [0.1, 0.15) is 51.4 Å². The van der Waals surface area contributed by atoms with Crippen LogP contribution in [0.2, 0.25) is 0 Å². The molecule has 3 N–H and O–H groups in total. The first-order valence-corrected chi connectivity index (χ1v) is 8.62. The van der Waals surface area contributed by atoms with Crippen molar-refractivity contribution in [1.29, 1.82) is 0 Å². The molecule has 1 aromatic carbocycles. The van der Waals surface area contributed by atoms with E-state index < -0.39 is 21.5 Å². The summed E-state index contributed by atoms with van der Waals surface area (Å²) in [4.78, 5) is 11.3. The Bertz CT molecular complexity index is 648. The van der Waals surface area contributed by atoms with E-state index >= 15 is 0 Å². The number of anilines is 1. The normalized spacial score (nSPS) is 13.7. The van der Waals surface area contributed by atoms with Crippen molar-refractivity contribution in [2.75, 3.05) is 5.32 Å². The van der Waals surface area contributed by atoms with Gasteiger partial charge in [0.25, 0.3) is 0 Å². The zero-order valence-corrected chi connectivity index (χ0v) is 14.4. The molecule has 0 heterocycles. The SMILES string of the molecule is CC[C@H](C)Nc1ccc(S(=O)(=O)NC(C)(C)C)cc1C(=O)O. The maximum absolute atomic E-state index is 12.3. The molecule has 0 bridgehead atoms. The topological polar surface area (TPSA) is 95.5 Å². The second-order valence-electron chi connectivity index (χ2n) is 6.32. The lowest BCUT2D eigenvalue weighted by atomic mass is 10.1. The standard InChI is InChI=1S/C15H24N2O4S/c1-6-10(2)16-13-8-7-11(9-12(13)14(18)19)22(20,21)17-15(3,4)5/h7-10,16-17H,6H2,1-5H3,(H,18,19)/t10-/m0/s1. The number of hydrogen-bond acceptors (Lipinski definition) is 4. The largest absolute Gasteiger partial charge is 0.478 e. The monoisotopic (exact) mass is 328 g/mol. The van der Waals surface area contributed by atoms with Crippen molar-refractivity contribution >= 4 is 21.7 Å². The maximum atomic E-state index is 12.3. The first-order valence-electron chi connectivity index (χ1n) is 7.14. The lowest BCUT2D eigenvalue weighted by Gasteiger charge is -2.21. The van der Waals surface area contributed by atoms with Gasteiger partial charge in [-0.25, -0.2) is 17.9 Å². The van der Waals surface area contributed by atoms with Gasteiger partial charge in [-0.2, -0.15) is 0 Å². The third-order valence-corrected chi connectivity index (χ3v) is 4.74. The predicted octanol–water partition coefficient (Wildman–Crippen LogP) is 2.67. The van der Waals surface area contributed by atoms with Crippen molar-refractivity contribution in [2.45, 2.75) is 57.5 Å². The van der Waals surface area contributed by atoms with Crippen molar-refractivity contribution in [3.8, 4) is 0 Å². The molecule has 124 valence electrons. The van der Waals surface area contributed by atoms with Gasteiger partial charge in [0.1, 0.15) is 0 Å². The van der Waals surface area contributed by atoms with Gasteiger partial charge in [0, 0.05) is 17.3 Å². The fourth-order valence-electron chi connectivity index (χ4n) is 1.82. The highest BCUT2D eigenvalue weighted by Crippen LogP contribution is 2.22. The summed E-state index contributed by atoms with van der Waals surface area (Å²) in [5.74, 6) is -1.17. The van der Waals surface area contributed by atoms with E-state index in [1.165, 1.54) is 18.2 Å². The van der Waals surface area contributed by atoms with Gasteiger partial charge in [-0.05, 0) is 52.3 Å². The fraction of sp³-hybridized carbons (Fsp3) is 0.533. The minimum Gasteiger partial charge on any atom is -0.478 e. The summed E-state index contributed by atoms with van der Waals surface area (Å²) in [5, 5.41) is 12.4. The fourth-order valence-corrected chi connectivity index (χ4v) is 3.27. The molecule has 1 rings (SSSR count). The highest BCUT2D eigenvalue weighted by atomic mass is 32.2. The van der Waals surface area contributed by atoms with E-state index in [4.69, 9.17) is 0 Å². The summed E-state index contributed by atoms with van der Waals surface area (Å²) >= 11 is 0. The number of rotatable bonds is 6. The molecule has 6 nitrogen and oxygen atoms in total. The number of hydrogen-bond donors (Lipinski definition) is 3. The summed E-state index contributed by atoms with van der Waals surface area (Å²) in [6.45, 7) is 9.08. The minimum atomic E-state index is -3.77. The number of aromatic carboxylic acids is 1. The Morgan fingerprint density at radius 2 is 1.91 bits per heavy atom. The summed E-state index contributed by atoms with van der Waals surface area (Å²) in [5.41, 5.74) is -0.288. The number of carboxylic acids is 1. The van der Waals surface area contributed by atoms with Crippen molar-refractivity contribution in [1.82, 2.24) is 4.72 Å². The van der Waals surface area contributed by atoms with Crippen LogP contribution in [0.4, 0.5) is 5.69 Å². The van der Waals surface area contributed by atoms with Gasteiger partial charge in [0.05, 0.1) is 10.5 Å². The van der Waals surface area contributed by atoms with Crippen LogP contribution >= 0.6 is 0 Å². The predicted molar refractivity (Wildman–Crippen MR) is 86.9 cm³/mol. The molecule has 0 radical (unpaired) electrons. The van der Waals surface area contributed by atoms with E-state index in [0.29, 0.717) is 5.69 Å². The lowest BCUT2D eigenvalue weighted by Crippen LogP contribution is -2.40. The Morgan fingerprint density at radius 3 is 2.36 bits per heavy atom. The Labute approximate surface area is 132 Å². The van der Waals surface area contributed by atoms with Crippen molar-refractivity contribution in [3.63, 3.8) is 0 Å². The summed E-state index contributed by atoms with van der Waals surface area (Å²) in [7, 11) is -3.77. The molecule has 0 aliphatic rings. The Kier molecular flexibility index (Phi) is 5.59. The number of carbonyl (C=O) groups is 1. The number of benzene rings is 1. The molecule has 22 heavy (non-hydrogen) atoms. The van der Waals surface area contributed by atoms with Crippen LogP contribution in [0.3, 0.4) is 0 Å². The summed E-state index contributed by atoms with van der Waals surface area (Å²) < 4.78 is 27.1. The number of sulfonamides is 1. The number of nitrogens with one attached hydrogen (secondary N) is 2. The molecule has 0 fully saturated rings. The van der Waals surface area contributed by atoms with Crippen LogP contribution in [0.15, 0.2) is 23.1 Å². The molecule has 7 heteroatoms. The molecular weight excluding hydrogens is 304 g/mol. The first-order chi connectivity index (χ1) is 9.96. The van der Waals surface area contributed by atoms with E-state index in [-0.39, 0.29) is 16.5 Å². The first kappa shape index (κ1) is 18.4. The average molecular weight is 328 g/mol. The van der Waals surface area contributed by atoms with Crippen molar-refractivity contribution in [2.24, 2.45) is 0 Å². The number of carboxylic acid groups (broad SMARTS) is 1. The highest BCUT2D eigenvalue weighted by Gasteiger charge is 2.24. The van der Waals surface area contributed by atoms with Crippen LogP contribution < -0.4 is 10.0 Å². The molecule has 0 saturated heterocycles. The zero-order valence-electron chi connectivity index (χ0n) is 13.6. The van der Waals surface area contributed by atoms with Crippen LogP contribution in [0.5, 0.6) is 0 Å². The summed E-state index contributed by atoms with van der Waals surface area (Å²) in [6, 6.07) is 4.17. The quantitative estimate of drug-likeness (QED) is 0.746. The van der Waals surface area contributed by atoms with Gasteiger partial charge in [0.15, 0.2) is 0 Å². The van der Waals surface area contributed by atoms with Crippen LogP contribution in [0, 0.1) is 0 Å². The Balaban J connectivity index is 3.26. The van der Waals surface area contributed by atoms with Crippen LogP contribution in [-0.4, -0.2) is 31.1 Å². The maximum Gasteiger partial charge on any atom is 0.337 e. The second-order valence-corrected chi connectivity index (χ2v) is 8.00. The van der Waals surface area contributed by atoms with Gasteiger partial charge in [-0.15, -0.1) is 0 Å². The van der Waals surface area contributed by atoms with E-state index in [1.807, 2.05) is 13.8 Å². The molecule has 1 atom stereocenters. The Hall–Kier alpha value is -1.60. The molecule has 0 aliphatic heterocycles. The van der Waals surface area contributed by atoms with Crippen LogP contribution in [0.25, 0.3) is 0 Å². The van der Waals surface area contributed by atoms with E-state index in [2.05, 4.69) is 10.0 Å². The van der Waals surface area contributed by atoms with Gasteiger partial charge in [0.2, 0.25) is 10.0 Å². The average Bonchev–Trinajstić information content (AvgIpc) is 2.35. The van der Waals surface area contributed by atoms with Crippen molar-refractivity contribution in [3.05, 3.63) is 23.8 Å². The lowest BCUT2D eigenvalue weighted by molar-refractivity contribution is 0.0697. The molecule has 1 aromatic rings. The van der Waals surface area contributed by atoms with Crippen LogP contribution in [-0.2, 0) is 10.0 Å². The van der Waals surface area contributed by atoms with Crippen molar-refractivity contribution < 1.29 is 18.3 Å². The summed E-state index contributed by atoms with van der Waals surface area (Å²) in [6.07, 6.45) is 0.824.